The minimum atomic E-state index is 0.183. The van der Waals surface area contributed by atoms with Gasteiger partial charge in [-0.2, -0.15) is 0 Å². The van der Waals surface area contributed by atoms with E-state index in [2.05, 4.69) is 0 Å². The van der Waals surface area contributed by atoms with E-state index in [1.165, 1.54) is 0 Å². The Bertz CT molecular complexity index is 602. The summed E-state index contributed by atoms with van der Waals surface area (Å²) in [5, 5.41) is 1.67. The Morgan fingerprint density at radius 1 is 1.16 bits per heavy atom. The Morgan fingerprint density at radius 2 is 1.95 bits per heavy atom. The fourth-order valence-corrected chi connectivity index (χ4v) is 2.32. The lowest BCUT2D eigenvalue weighted by Gasteiger charge is -2.05. The molecule has 2 rings (SSSR count). The van der Waals surface area contributed by atoms with E-state index in [9.17, 15) is 4.79 Å². The second kappa shape index (κ2) is 6.39. The summed E-state index contributed by atoms with van der Waals surface area (Å²) in [4.78, 5) is 12.1. The molecule has 0 atom stereocenters. The molecule has 0 N–H and O–H groups in total. The molecule has 96 valence electrons. The molecule has 0 bridgehead atoms. The van der Waals surface area contributed by atoms with Gasteiger partial charge < -0.3 is 0 Å². The summed E-state index contributed by atoms with van der Waals surface area (Å²) < 4.78 is 0. The van der Waals surface area contributed by atoms with Gasteiger partial charge in [-0.3, -0.25) is 4.79 Å². The van der Waals surface area contributed by atoms with Crippen molar-refractivity contribution in [3.63, 3.8) is 0 Å². The average molecular weight is 268 g/mol. The number of rotatable bonds is 5. The van der Waals surface area contributed by atoms with Crippen molar-refractivity contribution in [1.29, 1.82) is 0 Å². The highest BCUT2D eigenvalue weighted by Crippen LogP contribution is 2.13. The molecule has 0 unspecified atom stereocenters. The summed E-state index contributed by atoms with van der Waals surface area (Å²) in [7, 11) is 0. The van der Waals surface area contributed by atoms with E-state index in [0.717, 1.165) is 28.7 Å². The van der Waals surface area contributed by atoms with E-state index in [4.69, 9.17) is 12.2 Å². The standard InChI is InChI=1S/C17H16OS/c1-13-5-4-8-15(11-13)17(18)10-9-14-6-2-3-7-16(14)12-19/h2-8,11-12H,9-10H2,1H3. The number of carbonyl (C=O) groups excluding carboxylic acids is 1. The number of ketones is 1. The van der Waals surface area contributed by atoms with Gasteiger partial charge in [0.05, 0.1) is 0 Å². The Hall–Kier alpha value is -1.80. The highest BCUT2D eigenvalue weighted by Gasteiger charge is 2.07. The monoisotopic (exact) mass is 268 g/mol. The molecule has 2 aromatic carbocycles. The van der Waals surface area contributed by atoms with Gasteiger partial charge in [-0.15, -0.1) is 0 Å². The highest BCUT2D eigenvalue weighted by atomic mass is 32.1. The first kappa shape index (κ1) is 13.6. The zero-order valence-corrected chi connectivity index (χ0v) is 11.7. The number of Topliss-reactive ketones (excluding diaryl/α,β-unsaturated/α-hetero) is 1. The Kier molecular flexibility index (Phi) is 4.58. The summed E-state index contributed by atoms with van der Waals surface area (Å²) in [6.45, 7) is 2.00. The fourth-order valence-electron chi connectivity index (χ4n) is 2.09. The third-order valence-electron chi connectivity index (χ3n) is 3.14. The van der Waals surface area contributed by atoms with Crippen LogP contribution in [0, 0.1) is 6.92 Å². The van der Waals surface area contributed by atoms with Crippen molar-refractivity contribution < 1.29 is 4.79 Å². The van der Waals surface area contributed by atoms with E-state index in [1.54, 1.807) is 5.37 Å². The van der Waals surface area contributed by atoms with Crippen molar-refractivity contribution in [2.45, 2.75) is 19.8 Å². The number of thiocarbonyl (C=S) groups is 1. The molecule has 0 saturated carbocycles. The first-order valence-corrected chi connectivity index (χ1v) is 6.81. The second-order valence-corrected chi connectivity index (χ2v) is 4.85. The minimum absolute atomic E-state index is 0.183. The number of carbonyl (C=O) groups is 1. The van der Waals surface area contributed by atoms with Gasteiger partial charge in [0.15, 0.2) is 5.78 Å². The normalized spacial score (nSPS) is 10.2. The number of hydrogen-bond acceptors (Lipinski definition) is 2. The van der Waals surface area contributed by atoms with Crippen molar-refractivity contribution in [3.05, 3.63) is 70.8 Å². The van der Waals surface area contributed by atoms with E-state index in [-0.39, 0.29) is 5.78 Å². The molecule has 2 heteroatoms. The molecule has 2 aromatic rings. The molecule has 0 aliphatic heterocycles. The fraction of sp³-hybridized carbons (Fsp3) is 0.176. The third kappa shape index (κ3) is 3.58. The molecule has 19 heavy (non-hydrogen) atoms. The predicted octanol–water partition coefficient (Wildman–Crippen LogP) is 4.16. The molecule has 0 radical (unpaired) electrons. The Morgan fingerprint density at radius 3 is 2.68 bits per heavy atom. The van der Waals surface area contributed by atoms with Crippen LogP contribution in [0.3, 0.4) is 0 Å². The van der Waals surface area contributed by atoms with E-state index in [0.29, 0.717) is 6.42 Å². The SMILES string of the molecule is Cc1cccc(C(=O)CCc2ccccc2C=S)c1. The Balaban J connectivity index is 2.06. The largest absolute Gasteiger partial charge is 0.294 e. The predicted molar refractivity (Wildman–Crippen MR) is 83.0 cm³/mol. The van der Waals surface area contributed by atoms with Crippen LogP contribution >= 0.6 is 12.2 Å². The molecule has 0 fully saturated rings. The molecular weight excluding hydrogens is 252 g/mol. The lowest BCUT2D eigenvalue weighted by molar-refractivity contribution is 0.0983. The first-order chi connectivity index (χ1) is 9.20. The van der Waals surface area contributed by atoms with Crippen LogP contribution in [-0.2, 0) is 6.42 Å². The van der Waals surface area contributed by atoms with Crippen molar-refractivity contribution in [3.8, 4) is 0 Å². The topological polar surface area (TPSA) is 17.1 Å². The molecule has 0 spiro atoms. The van der Waals surface area contributed by atoms with E-state index >= 15 is 0 Å². The minimum Gasteiger partial charge on any atom is -0.294 e. The average Bonchev–Trinajstić information content (AvgIpc) is 2.45. The summed E-state index contributed by atoms with van der Waals surface area (Å²) in [6.07, 6.45) is 1.25. The lowest BCUT2D eigenvalue weighted by atomic mass is 9.99. The zero-order chi connectivity index (χ0) is 13.7. The lowest BCUT2D eigenvalue weighted by Crippen LogP contribution is -2.02. The van der Waals surface area contributed by atoms with Gasteiger partial charge >= 0.3 is 0 Å². The van der Waals surface area contributed by atoms with Gasteiger partial charge in [0.1, 0.15) is 0 Å². The zero-order valence-electron chi connectivity index (χ0n) is 10.9. The van der Waals surface area contributed by atoms with Crippen LogP contribution in [-0.4, -0.2) is 11.2 Å². The molecule has 0 aliphatic carbocycles. The van der Waals surface area contributed by atoms with Crippen LogP contribution in [0.15, 0.2) is 48.5 Å². The van der Waals surface area contributed by atoms with Crippen LogP contribution < -0.4 is 0 Å². The number of benzene rings is 2. The summed E-state index contributed by atoms with van der Waals surface area (Å²) >= 11 is 4.99. The number of aryl methyl sites for hydroxylation is 2. The van der Waals surface area contributed by atoms with Crippen molar-refractivity contribution in [2.75, 3.05) is 0 Å². The maximum absolute atomic E-state index is 12.1. The van der Waals surface area contributed by atoms with Gasteiger partial charge in [0.25, 0.3) is 0 Å². The molecule has 0 amide bonds. The molecule has 0 aromatic heterocycles. The first-order valence-electron chi connectivity index (χ1n) is 6.33. The van der Waals surface area contributed by atoms with Crippen LogP contribution in [0.2, 0.25) is 0 Å². The summed E-state index contributed by atoms with van der Waals surface area (Å²) in [6, 6.07) is 15.7. The van der Waals surface area contributed by atoms with Crippen LogP contribution in [0.25, 0.3) is 0 Å². The van der Waals surface area contributed by atoms with Crippen LogP contribution in [0.4, 0.5) is 0 Å². The van der Waals surface area contributed by atoms with Gasteiger partial charge in [-0.25, -0.2) is 0 Å². The van der Waals surface area contributed by atoms with Gasteiger partial charge in [-0.05, 0) is 30.5 Å². The smallest absolute Gasteiger partial charge is 0.163 e. The van der Waals surface area contributed by atoms with Crippen LogP contribution in [0.1, 0.15) is 33.5 Å². The molecule has 0 heterocycles. The maximum atomic E-state index is 12.1. The van der Waals surface area contributed by atoms with E-state index in [1.807, 2.05) is 55.5 Å². The maximum Gasteiger partial charge on any atom is 0.163 e. The molecule has 0 saturated heterocycles. The number of hydrogen-bond donors (Lipinski definition) is 0. The van der Waals surface area contributed by atoms with Gasteiger partial charge in [0, 0.05) is 17.4 Å². The quantitative estimate of drug-likeness (QED) is 0.598. The summed E-state index contributed by atoms with van der Waals surface area (Å²) in [5.41, 5.74) is 4.08. The van der Waals surface area contributed by atoms with Crippen molar-refractivity contribution in [1.82, 2.24) is 0 Å². The van der Waals surface area contributed by atoms with Crippen LogP contribution in [0.5, 0.6) is 0 Å². The van der Waals surface area contributed by atoms with E-state index < -0.39 is 0 Å². The van der Waals surface area contributed by atoms with Crippen molar-refractivity contribution >= 4 is 23.4 Å². The summed E-state index contributed by atoms with van der Waals surface area (Å²) in [5.74, 6) is 0.183. The molecule has 0 aliphatic rings. The molecule has 1 nitrogen and oxygen atoms in total. The highest BCUT2D eigenvalue weighted by molar-refractivity contribution is 7.79. The molecular formula is C17H16OS. The Labute approximate surface area is 119 Å². The van der Waals surface area contributed by atoms with Gasteiger partial charge in [0.2, 0.25) is 0 Å². The third-order valence-corrected chi connectivity index (χ3v) is 3.40. The van der Waals surface area contributed by atoms with Crippen molar-refractivity contribution in [2.24, 2.45) is 0 Å². The van der Waals surface area contributed by atoms with Gasteiger partial charge in [-0.1, -0.05) is 60.2 Å². The second-order valence-electron chi connectivity index (χ2n) is 4.61.